The smallest absolute Gasteiger partial charge is 0.224 e. The number of hydrogen-bond donors (Lipinski definition) is 1. The summed E-state index contributed by atoms with van der Waals surface area (Å²) in [6.45, 7) is 5.70. The molecule has 0 aliphatic rings. The van der Waals surface area contributed by atoms with E-state index in [2.05, 4.69) is 0 Å². The number of halogens is 1. The molecule has 0 radical (unpaired) electrons. The molecule has 0 bridgehead atoms. The SMILES string of the molecule is CCN(C(=O)CC(N)c1ccccc1)C(C)CS(=O)(=O)CC.Cl. The predicted molar refractivity (Wildman–Crippen MR) is 96.4 cm³/mol. The Balaban J connectivity index is 0.00000484. The molecule has 0 heterocycles. The Morgan fingerprint density at radius 3 is 2.26 bits per heavy atom. The number of rotatable bonds is 8. The van der Waals surface area contributed by atoms with Crippen LogP contribution in [0.5, 0.6) is 0 Å². The standard InChI is InChI=1S/C16H26N2O3S.ClH/c1-4-18(13(3)12-22(20,21)5-2)16(19)11-15(17)14-9-7-6-8-10-14;/h6-10,13,15H,4-5,11-12,17H2,1-3H3;1H. The first-order valence-corrected chi connectivity index (χ1v) is 9.43. The predicted octanol–water partition coefficient (Wildman–Crippen LogP) is 2.17. The minimum atomic E-state index is -3.11. The summed E-state index contributed by atoms with van der Waals surface area (Å²) in [6, 6.07) is 8.72. The van der Waals surface area contributed by atoms with Gasteiger partial charge in [-0.05, 0) is 19.4 Å². The van der Waals surface area contributed by atoms with Crippen LogP contribution in [-0.4, -0.2) is 43.3 Å². The fourth-order valence-corrected chi connectivity index (χ4v) is 3.58. The topological polar surface area (TPSA) is 80.5 Å². The van der Waals surface area contributed by atoms with E-state index in [0.717, 1.165) is 5.56 Å². The molecule has 132 valence electrons. The molecular weight excluding hydrogens is 336 g/mol. The first-order valence-electron chi connectivity index (χ1n) is 7.61. The molecule has 2 atom stereocenters. The highest BCUT2D eigenvalue weighted by atomic mass is 35.5. The molecule has 23 heavy (non-hydrogen) atoms. The molecule has 0 spiro atoms. The van der Waals surface area contributed by atoms with Crippen molar-refractivity contribution in [3.63, 3.8) is 0 Å². The van der Waals surface area contributed by atoms with Crippen LogP contribution in [0.4, 0.5) is 0 Å². The Bertz CT molecular complexity index is 578. The van der Waals surface area contributed by atoms with E-state index in [9.17, 15) is 13.2 Å². The van der Waals surface area contributed by atoms with Crippen molar-refractivity contribution in [3.05, 3.63) is 35.9 Å². The third-order valence-electron chi connectivity index (χ3n) is 3.75. The van der Waals surface area contributed by atoms with Gasteiger partial charge < -0.3 is 10.6 Å². The number of carbonyl (C=O) groups excluding carboxylic acids is 1. The molecule has 2 unspecified atom stereocenters. The van der Waals surface area contributed by atoms with E-state index in [-0.39, 0.29) is 48.3 Å². The Morgan fingerprint density at radius 1 is 1.22 bits per heavy atom. The van der Waals surface area contributed by atoms with Gasteiger partial charge in [0, 0.05) is 30.8 Å². The van der Waals surface area contributed by atoms with Gasteiger partial charge in [0.15, 0.2) is 9.84 Å². The first-order chi connectivity index (χ1) is 10.3. The van der Waals surface area contributed by atoms with Crippen LogP contribution in [-0.2, 0) is 14.6 Å². The Labute approximate surface area is 145 Å². The number of hydrogen-bond acceptors (Lipinski definition) is 4. The second kappa shape index (κ2) is 9.90. The summed E-state index contributed by atoms with van der Waals surface area (Å²) in [5.74, 6) is -0.0336. The molecule has 0 saturated carbocycles. The zero-order valence-corrected chi connectivity index (χ0v) is 15.6. The lowest BCUT2D eigenvalue weighted by Gasteiger charge is -2.29. The second-order valence-corrected chi connectivity index (χ2v) is 7.85. The van der Waals surface area contributed by atoms with Crippen LogP contribution < -0.4 is 5.73 Å². The highest BCUT2D eigenvalue weighted by Gasteiger charge is 2.24. The molecule has 1 amide bonds. The molecule has 2 N–H and O–H groups in total. The van der Waals surface area contributed by atoms with Gasteiger partial charge in [-0.25, -0.2) is 8.42 Å². The van der Waals surface area contributed by atoms with Crippen molar-refractivity contribution in [2.45, 2.75) is 39.3 Å². The molecular formula is C16H27ClN2O3S. The van der Waals surface area contributed by atoms with Crippen LogP contribution >= 0.6 is 12.4 Å². The van der Waals surface area contributed by atoms with Crippen LogP contribution in [0.1, 0.15) is 38.8 Å². The summed E-state index contributed by atoms with van der Waals surface area (Å²) in [6.07, 6.45) is 0.175. The maximum Gasteiger partial charge on any atom is 0.224 e. The minimum absolute atomic E-state index is 0. The second-order valence-electron chi connectivity index (χ2n) is 5.45. The number of amides is 1. The highest BCUT2D eigenvalue weighted by molar-refractivity contribution is 7.91. The maximum absolute atomic E-state index is 12.4. The van der Waals surface area contributed by atoms with E-state index in [1.807, 2.05) is 37.3 Å². The first kappa shape index (κ1) is 21.9. The summed E-state index contributed by atoms with van der Waals surface area (Å²) >= 11 is 0. The fourth-order valence-electron chi connectivity index (χ4n) is 2.43. The van der Waals surface area contributed by atoms with Crippen molar-refractivity contribution in [1.82, 2.24) is 4.90 Å². The summed E-state index contributed by atoms with van der Waals surface area (Å²) < 4.78 is 23.5. The van der Waals surface area contributed by atoms with E-state index >= 15 is 0 Å². The largest absolute Gasteiger partial charge is 0.339 e. The van der Waals surface area contributed by atoms with Crippen molar-refractivity contribution in [3.8, 4) is 0 Å². The molecule has 0 aliphatic heterocycles. The number of nitrogens with zero attached hydrogens (tertiary/aromatic N) is 1. The Kier molecular flexibility index (Phi) is 9.42. The number of nitrogens with two attached hydrogens (primary N) is 1. The van der Waals surface area contributed by atoms with Gasteiger partial charge in [-0.3, -0.25) is 4.79 Å². The molecule has 0 aromatic heterocycles. The lowest BCUT2D eigenvalue weighted by atomic mass is 10.0. The quantitative estimate of drug-likeness (QED) is 0.768. The van der Waals surface area contributed by atoms with E-state index in [1.54, 1.807) is 18.7 Å². The van der Waals surface area contributed by atoms with Crippen LogP contribution in [0, 0.1) is 0 Å². The molecule has 7 heteroatoms. The average Bonchev–Trinajstić information content (AvgIpc) is 2.48. The zero-order valence-electron chi connectivity index (χ0n) is 13.9. The van der Waals surface area contributed by atoms with Crippen molar-refractivity contribution >= 4 is 28.2 Å². The van der Waals surface area contributed by atoms with E-state index in [4.69, 9.17) is 5.73 Å². The van der Waals surface area contributed by atoms with Gasteiger partial charge in [-0.15, -0.1) is 12.4 Å². The highest BCUT2D eigenvalue weighted by Crippen LogP contribution is 2.16. The van der Waals surface area contributed by atoms with Crippen molar-refractivity contribution < 1.29 is 13.2 Å². The van der Waals surface area contributed by atoms with Crippen molar-refractivity contribution in [2.75, 3.05) is 18.1 Å². The minimum Gasteiger partial charge on any atom is -0.339 e. The van der Waals surface area contributed by atoms with Crippen LogP contribution in [0.2, 0.25) is 0 Å². The summed E-state index contributed by atoms with van der Waals surface area (Å²) in [5.41, 5.74) is 6.98. The van der Waals surface area contributed by atoms with Crippen molar-refractivity contribution in [2.24, 2.45) is 5.73 Å². The van der Waals surface area contributed by atoms with Crippen molar-refractivity contribution in [1.29, 1.82) is 0 Å². The van der Waals surface area contributed by atoms with Gasteiger partial charge in [0.2, 0.25) is 5.91 Å². The van der Waals surface area contributed by atoms with Crippen LogP contribution in [0.25, 0.3) is 0 Å². The normalized spacial score (nSPS) is 13.7. The lowest BCUT2D eigenvalue weighted by Crippen LogP contribution is -2.43. The van der Waals surface area contributed by atoms with Gasteiger partial charge in [0.25, 0.3) is 0 Å². The Morgan fingerprint density at radius 2 is 1.78 bits per heavy atom. The number of carbonyl (C=O) groups is 1. The monoisotopic (exact) mass is 362 g/mol. The third-order valence-corrected chi connectivity index (χ3v) is 5.62. The zero-order chi connectivity index (χ0) is 16.8. The van der Waals surface area contributed by atoms with Crippen LogP contribution in [0.3, 0.4) is 0 Å². The van der Waals surface area contributed by atoms with Gasteiger partial charge in [0.1, 0.15) is 0 Å². The van der Waals surface area contributed by atoms with Gasteiger partial charge in [0.05, 0.1) is 5.75 Å². The molecule has 5 nitrogen and oxygen atoms in total. The average molecular weight is 363 g/mol. The molecule has 1 rings (SSSR count). The van der Waals surface area contributed by atoms with E-state index < -0.39 is 9.84 Å². The molecule has 0 saturated heterocycles. The summed E-state index contributed by atoms with van der Waals surface area (Å²) in [4.78, 5) is 14.0. The summed E-state index contributed by atoms with van der Waals surface area (Å²) in [7, 11) is -3.11. The van der Waals surface area contributed by atoms with Gasteiger partial charge in [-0.1, -0.05) is 37.3 Å². The third kappa shape index (κ3) is 6.89. The Hall–Kier alpha value is -1.11. The molecule has 1 aromatic rings. The molecule has 0 aliphatic carbocycles. The van der Waals surface area contributed by atoms with Gasteiger partial charge >= 0.3 is 0 Å². The number of sulfone groups is 1. The van der Waals surface area contributed by atoms with Gasteiger partial charge in [-0.2, -0.15) is 0 Å². The summed E-state index contributed by atoms with van der Waals surface area (Å²) in [5, 5.41) is 0. The number of benzene rings is 1. The lowest BCUT2D eigenvalue weighted by molar-refractivity contribution is -0.132. The molecule has 1 aromatic carbocycles. The van der Waals surface area contributed by atoms with E-state index in [1.165, 1.54) is 0 Å². The van der Waals surface area contributed by atoms with Crippen LogP contribution in [0.15, 0.2) is 30.3 Å². The molecule has 0 fully saturated rings. The van der Waals surface area contributed by atoms with E-state index in [0.29, 0.717) is 6.54 Å². The fraction of sp³-hybridized carbons (Fsp3) is 0.562. The maximum atomic E-state index is 12.4.